The lowest BCUT2D eigenvalue weighted by Crippen LogP contribution is -2.45. The highest BCUT2D eigenvalue weighted by Gasteiger charge is 2.39. The third-order valence-corrected chi connectivity index (χ3v) is 6.36. The van der Waals surface area contributed by atoms with Crippen molar-refractivity contribution in [3.05, 3.63) is 48.0 Å². The van der Waals surface area contributed by atoms with Gasteiger partial charge < -0.3 is 29.7 Å². The number of urea groups is 1. The fourth-order valence-corrected chi connectivity index (χ4v) is 4.44. The molecule has 2 N–H and O–H groups in total. The van der Waals surface area contributed by atoms with Gasteiger partial charge in [-0.1, -0.05) is 6.07 Å². The van der Waals surface area contributed by atoms with E-state index in [1.165, 1.54) is 4.90 Å². The Labute approximate surface area is 196 Å². The van der Waals surface area contributed by atoms with E-state index in [0.717, 1.165) is 5.56 Å². The van der Waals surface area contributed by atoms with Crippen LogP contribution in [0.2, 0.25) is 0 Å². The van der Waals surface area contributed by atoms with Crippen LogP contribution in [0.5, 0.6) is 17.2 Å². The number of carbonyl (C=O) groups excluding carboxylic acids is 3. The largest absolute Gasteiger partial charge is 0.497 e. The van der Waals surface area contributed by atoms with Crippen LogP contribution < -0.4 is 29.7 Å². The molecule has 34 heavy (non-hydrogen) atoms. The molecule has 3 aliphatic rings. The average Bonchev–Trinajstić information content (AvgIpc) is 3.61. The number of carbonyl (C=O) groups is 3. The number of methoxy groups -OCH3 is 1. The molecule has 3 heterocycles. The maximum atomic E-state index is 13.0. The summed E-state index contributed by atoms with van der Waals surface area (Å²) in [7, 11) is 1.58. The number of hydrogen-bond acceptors (Lipinski definition) is 6. The lowest BCUT2D eigenvalue weighted by atomic mass is 10.1. The van der Waals surface area contributed by atoms with Gasteiger partial charge in [0.15, 0.2) is 11.5 Å². The van der Waals surface area contributed by atoms with Crippen molar-refractivity contribution in [2.75, 3.05) is 38.4 Å². The van der Waals surface area contributed by atoms with Gasteiger partial charge in [-0.25, -0.2) is 4.79 Å². The van der Waals surface area contributed by atoms with Crippen LogP contribution in [0.15, 0.2) is 42.5 Å². The molecule has 2 fully saturated rings. The number of amides is 4. The second kappa shape index (κ2) is 9.12. The summed E-state index contributed by atoms with van der Waals surface area (Å²) in [6, 6.07) is 11.7. The molecule has 2 aromatic carbocycles. The number of fused-ring (bicyclic) bond motifs is 1. The monoisotopic (exact) mass is 466 g/mol. The number of nitrogens with zero attached hydrogens (tertiary/aromatic N) is 2. The molecule has 0 saturated carbocycles. The second-order valence-electron chi connectivity index (χ2n) is 8.49. The van der Waals surface area contributed by atoms with E-state index in [4.69, 9.17) is 14.2 Å². The molecular weight excluding hydrogens is 440 g/mol. The van der Waals surface area contributed by atoms with Gasteiger partial charge in [-0.15, -0.1) is 0 Å². The van der Waals surface area contributed by atoms with Crippen molar-refractivity contribution in [2.24, 2.45) is 5.92 Å². The fourth-order valence-electron chi connectivity index (χ4n) is 4.44. The summed E-state index contributed by atoms with van der Waals surface area (Å²) >= 11 is 0. The SMILES string of the molecule is COc1ccc(N2CC(C(=O)N3CCC(C(=O)NCc4ccc5c(c4)OCO5)C3)NC2=O)cc1. The predicted molar refractivity (Wildman–Crippen MR) is 122 cm³/mol. The second-order valence-corrected chi connectivity index (χ2v) is 8.49. The summed E-state index contributed by atoms with van der Waals surface area (Å²) in [5.41, 5.74) is 1.60. The number of hydrogen-bond donors (Lipinski definition) is 2. The summed E-state index contributed by atoms with van der Waals surface area (Å²) in [5, 5.41) is 5.71. The Bertz CT molecular complexity index is 1110. The Hall–Kier alpha value is -3.95. The number of rotatable bonds is 6. The molecule has 4 amide bonds. The van der Waals surface area contributed by atoms with Crippen LogP contribution in [-0.4, -0.2) is 62.3 Å². The Morgan fingerprint density at radius 2 is 1.91 bits per heavy atom. The first-order valence-electron chi connectivity index (χ1n) is 11.2. The van der Waals surface area contributed by atoms with Gasteiger partial charge in [0.05, 0.1) is 19.6 Å². The van der Waals surface area contributed by atoms with E-state index in [0.29, 0.717) is 49.0 Å². The van der Waals surface area contributed by atoms with Crippen LogP contribution in [0.1, 0.15) is 12.0 Å². The van der Waals surface area contributed by atoms with Gasteiger partial charge in [0.1, 0.15) is 11.8 Å². The number of likely N-dealkylation sites (tertiary alicyclic amines) is 1. The molecule has 0 radical (unpaired) electrons. The molecule has 10 nitrogen and oxygen atoms in total. The van der Waals surface area contributed by atoms with Gasteiger partial charge in [0.2, 0.25) is 18.6 Å². The molecule has 10 heteroatoms. The minimum absolute atomic E-state index is 0.0942. The average molecular weight is 466 g/mol. The van der Waals surface area contributed by atoms with E-state index in [2.05, 4.69) is 10.6 Å². The summed E-state index contributed by atoms with van der Waals surface area (Å²) < 4.78 is 15.8. The zero-order valence-corrected chi connectivity index (χ0v) is 18.8. The van der Waals surface area contributed by atoms with Crippen molar-refractivity contribution in [3.63, 3.8) is 0 Å². The van der Waals surface area contributed by atoms with E-state index in [-0.39, 0.29) is 37.1 Å². The topological polar surface area (TPSA) is 109 Å². The lowest BCUT2D eigenvalue weighted by Gasteiger charge is -2.20. The Morgan fingerprint density at radius 1 is 1.12 bits per heavy atom. The van der Waals surface area contributed by atoms with Crippen molar-refractivity contribution in [3.8, 4) is 17.2 Å². The van der Waals surface area contributed by atoms with Crippen LogP contribution in [0.25, 0.3) is 0 Å². The van der Waals surface area contributed by atoms with E-state index in [1.54, 1.807) is 36.3 Å². The maximum absolute atomic E-state index is 13.0. The minimum atomic E-state index is -0.648. The van der Waals surface area contributed by atoms with Gasteiger partial charge in [-0.05, 0) is 48.4 Å². The van der Waals surface area contributed by atoms with Gasteiger partial charge in [0, 0.05) is 25.3 Å². The Balaban J connectivity index is 1.13. The van der Waals surface area contributed by atoms with E-state index in [1.807, 2.05) is 18.2 Å². The van der Waals surface area contributed by atoms with Crippen LogP contribution in [0, 0.1) is 5.92 Å². The van der Waals surface area contributed by atoms with Crippen molar-refractivity contribution in [1.82, 2.24) is 15.5 Å². The lowest BCUT2D eigenvalue weighted by molar-refractivity contribution is -0.132. The zero-order chi connectivity index (χ0) is 23.7. The molecule has 2 saturated heterocycles. The molecular formula is C24H26N4O6. The highest BCUT2D eigenvalue weighted by atomic mass is 16.7. The van der Waals surface area contributed by atoms with Gasteiger partial charge in [-0.3, -0.25) is 14.5 Å². The summed E-state index contributed by atoms with van der Waals surface area (Å²) in [6.07, 6.45) is 0.585. The van der Waals surface area contributed by atoms with Gasteiger partial charge in [0.25, 0.3) is 0 Å². The quantitative estimate of drug-likeness (QED) is 0.668. The van der Waals surface area contributed by atoms with E-state index < -0.39 is 6.04 Å². The minimum Gasteiger partial charge on any atom is -0.497 e. The van der Waals surface area contributed by atoms with Crippen molar-refractivity contribution >= 4 is 23.5 Å². The molecule has 178 valence electrons. The molecule has 0 spiro atoms. The van der Waals surface area contributed by atoms with E-state index >= 15 is 0 Å². The van der Waals surface area contributed by atoms with Crippen LogP contribution >= 0.6 is 0 Å². The molecule has 0 bridgehead atoms. The highest BCUT2D eigenvalue weighted by Crippen LogP contribution is 2.32. The van der Waals surface area contributed by atoms with Crippen molar-refractivity contribution in [2.45, 2.75) is 19.0 Å². The van der Waals surface area contributed by atoms with Gasteiger partial charge >= 0.3 is 6.03 Å². The first kappa shape index (κ1) is 21.9. The predicted octanol–water partition coefficient (Wildman–Crippen LogP) is 1.49. The molecule has 2 aromatic rings. The Morgan fingerprint density at radius 3 is 2.71 bits per heavy atom. The van der Waals surface area contributed by atoms with Crippen molar-refractivity contribution < 1.29 is 28.6 Å². The molecule has 5 rings (SSSR count). The molecule has 2 unspecified atom stereocenters. The molecule has 0 aromatic heterocycles. The fraction of sp³-hybridized carbons (Fsp3) is 0.375. The standard InChI is InChI=1S/C24H26N4O6/c1-32-18-5-3-17(4-6-18)28-13-19(26-24(28)31)23(30)27-9-8-16(12-27)22(29)25-11-15-2-7-20-21(10-15)34-14-33-20/h2-7,10,16,19H,8-9,11-14H2,1H3,(H,25,29)(H,26,31). The summed E-state index contributed by atoms with van der Waals surface area (Å²) in [6.45, 7) is 1.63. The number of nitrogens with one attached hydrogen (secondary N) is 2. The normalized spacial score (nSPS) is 20.9. The van der Waals surface area contributed by atoms with Crippen LogP contribution in [-0.2, 0) is 16.1 Å². The van der Waals surface area contributed by atoms with E-state index in [9.17, 15) is 14.4 Å². The first-order chi connectivity index (χ1) is 16.5. The van der Waals surface area contributed by atoms with Crippen LogP contribution in [0.4, 0.5) is 10.5 Å². The van der Waals surface area contributed by atoms with Gasteiger partial charge in [-0.2, -0.15) is 0 Å². The third kappa shape index (κ3) is 4.30. The number of anilines is 1. The highest BCUT2D eigenvalue weighted by molar-refractivity contribution is 6.00. The number of benzene rings is 2. The third-order valence-electron chi connectivity index (χ3n) is 6.36. The molecule has 0 aliphatic carbocycles. The maximum Gasteiger partial charge on any atom is 0.322 e. The Kier molecular flexibility index (Phi) is 5.87. The van der Waals surface area contributed by atoms with Crippen molar-refractivity contribution in [1.29, 1.82) is 0 Å². The first-order valence-corrected chi connectivity index (χ1v) is 11.2. The smallest absolute Gasteiger partial charge is 0.322 e. The molecule has 3 aliphatic heterocycles. The molecule has 2 atom stereocenters. The zero-order valence-electron chi connectivity index (χ0n) is 18.8. The number of ether oxygens (including phenoxy) is 3. The van der Waals surface area contributed by atoms with Crippen LogP contribution in [0.3, 0.4) is 0 Å². The summed E-state index contributed by atoms with van der Waals surface area (Å²) in [4.78, 5) is 41.4. The summed E-state index contributed by atoms with van der Waals surface area (Å²) in [5.74, 6) is 1.51.